The highest BCUT2D eigenvalue weighted by molar-refractivity contribution is 5.99. The van der Waals surface area contributed by atoms with Crippen LogP contribution in [0.1, 0.15) is 36.0 Å². The van der Waals surface area contributed by atoms with Crippen LogP contribution < -0.4 is 14.8 Å². The summed E-state index contributed by atoms with van der Waals surface area (Å²) in [7, 11) is 3.15. The number of methoxy groups -OCH3 is 2. The van der Waals surface area contributed by atoms with Crippen molar-refractivity contribution in [1.82, 2.24) is 5.32 Å². The summed E-state index contributed by atoms with van der Waals surface area (Å²) >= 11 is 0. The molecule has 0 saturated heterocycles. The van der Waals surface area contributed by atoms with Crippen LogP contribution in [0.5, 0.6) is 11.5 Å². The molecule has 108 valence electrons. The van der Waals surface area contributed by atoms with Crippen molar-refractivity contribution in [3.8, 4) is 11.5 Å². The first-order chi connectivity index (χ1) is 9.72. The Morgan fingerprint density at radius 1 is 1.15 bits per heavy atom. The summed E-state index contributed by atoms with van der Waals surface area (Å²) in [5, 5.41) is 3.18. The third-order valence-corrected chi connectivity index (χ3v) is 4.71. The van der Waals surface area contributed by atoms with E-state index in [1.807, 2.05) is 6.07 Å². The van der Waals surface area contributed by atoms with Gasteiger partial charge >= 0.3 is 0 Å². The van der Waals surface area contributed by atoms with Crippen molar-refractivity contribution >= 4 is 5.91 Å². The maximum absolute atomic E-state index is 12.6. The summed E-state index contributed by atoms with van der Waals surface area (Å²) in [6, 6.07) is 5.72. The number of nitrogens with one attached hydrogen (secondary N) is 1. The molecule has 2 saturated carbocycles. The van der Waals surface area contributed by atoms with Crippen molar-refractivity contribution in [1.29, 1.82) is 0 Å². The van der Waals surface area contributed by atoms with Gasteiger partial charge in [-0.05, 0) is 43.2 Å². The van der Waals surface area contributed by atoms with Gasteiger partial charge in [0.25, 0.3) is 5.91 Å². The van der Waals surface area contributed by atoms with Gasteiger partial charge in [-0.15, -0.1) is 0 Å². The number of hydrogen-bond donors (Lipinski definition) is 1. The van der Waals surface area contributed by atoms with E-state index in [2.05, 4.69) is 5.32 Å². The smallest absolute Gasteiger partial charge is 0.259 e. The van der Waals surface area contributed by atoms with E-state index in [9.17, 15) is 4.79 Å². The van der Waals surface area contributed by atoms with Gasteiger partial charge in [0.15, 0.2) is 0 Å². The number of benzene rings is 1. The van der Waals surface area contributed by atoms with Gasteiger partial charge in [-0.25, -0.2) is 0 Å². The van der Waals surface area contributed by atoms with E-state index in [0.29, 0.717) is 29.0 Å². The number of carbonyl (C=O) groups excluding carboxylic acids is 1. The van der Waals surface area contributed by atoms with Crippen LogP contribution >= 0.6 is 0 Å². The number of hydrogen-bond acceptors (Lipinski definition) is 3. The summed E-state index contributed by atoms with van der Waals surface area (Å²) < 4.78 is 10.6. The Kier molecular flexibility index (Phi) is 3.55. The Bertz CT molecular complexity index is 492. The molecule has 2 aliphatic carbocycles. The molecule has 20 heavy (non-hydrogen) atoms. The zero-order valence-corrected chi connectivity index (χ0v) is 12.0. The number of amides is 1. The molecule has 4 nitrogen and oxygen atoms in total. The molecule has 1 N–H and O–H groups in total. The lowest BCUT2D eigenvalue weighted by atomic mass is 9.95. The van der Waals surface area contributed by atoms with Gasteiger partial charge in [0.05, 0.1) is 14.2 Å². The third-order valence-electron chi connectivity index (χ3n) is 4.71. The molecule has 1 aromatic carbocycles. The summed E-state index contributed by atoms with van der Waals surface area (Å²) in [5.41, 5.74) is 0.500. The predicted molar refractivity (Wildman–Crippen MR) is 76.2 cm³/mol. The van der Waals surface area contributed by atoms with Crippen LogP contribution in [-0.4, -0.2) is 26.2 Å². The summed E-state index contributed by atoms with van der Waals surface area (Å²) in [5.74, 6) is 2.50. The van der Waals surface area contributed by atoms with Gasteiger partial charge in [-0.3, -0.25) is 4.79 Å². The Morgan fingerprint density at radius 3 is 2.35 bits per heavy atom. The van der Waals surface area contributed by atoms with E-state index in [-0.39, 0.29) is 5.91 Å². The van der Waals surface area contributed by atoms with Crippen molar-refractivity contribution < 1.29 is 14.3 Å². The van der Waals surface area contributed by atoms with Crippen molar-refractivity contribution in [2.45, 2.75) is 31.7 Å². The number of carbonyl (C=O) groups is 1. The highest BCUT2D eigenvalue weighted by Crippen LogP contribution is 2.44. The van der Waals surface area contributed by atoms with Gasteiger partial charge in [-0.1, -0.05) is 12.5 Å². The predicted octanol–water partition coefficient (Wildman–Crippen LogP) is 2.62. The van der Waals surface area contributed by atoms with Crippen molar-refractivity contribution in [2.75, 3.05) is 14.2 Å². The third kappa shape index (κ3) is 2.23. The standard InChI is InChI=1S/C16H21NO3/c1-19-13-4-3-5-14(20-2)15(13)16(18)17-12-9-10-6-7-11(12)8-10/h3-5,10-12H,6-9H2,1-2H3,(H,17,18)/t10-,11-,12+/m0/s1. The second-order valence-corrected chi connectivity index (χ2v) is 5.79. The van der Waals surface area contributed by atoms with Crippen LogP contribution in [0.25, 0.3) is 0 Å². The normalized spacial score (nSPS) is 27.4. The van der Waals surface area contributed by atoms with Crippen LogP contribution in [0.15, 0.2) is 18.2 Å². The number of ether oxygens (including phenoxy) is 2. The minimum absolute atomic E-state index is 0.0862. The summed E-state index contributed by atoms with van der Waals surface area (Å²) in [6.07, 6.45) is 4.97. The second-order valence-electron chi connectivity index (χ2n) is 5.79. The monoisotopic (exact) mass is 275 g/mol. The molecule has 1 amide bonds. The van der Waals surface area contributed by atoms with Crippen LogP contribution in [-0.2, 0) is 0 Å². The molecule has 2 bridgehead atoms. The molecule has 0 heterocycles. The highest BCUT2D eigenvalue weighted by atomic mass is 16.5. The molecule has 0 unspecified atom stereocenters. The molecule has 4 heteroatoms. The Morgan fingerprint density at radius 2 is 1.85 bits per heavy atom. The summed E-state index contributed by atoms with van der Waals surface area (Å²) in [4.78, 5) is 12.6. The minimum Gasteiger partial charge on any atom is -0.496 e. The minimum atomic E-state index is -0.0862. The van der Waals surface area contributed by atoms with Crippen LogP contribution in [0.3, 0.4) is 0 Å². The largest absolute Gasteiger partial charge is 0.496 e. The molecular formula is C16H21NO3. The fourth-order valence-electron chi connectivity index (χ4n) is 3.74. The van der Waals surface area contributed by atoms with E-state index in [1.165, 1.54) is 19.3 Å². The Balaban J connectivity index is 1.80. The quantitative estimate of drug-likeness (QED) is 0.919. The first-order valence-electron chi connectivity index (χ1n) is 7.24. The number of rotatable bonds is 4. The SMILES string of the molecule is COc1cccc(OC)c1C(=O)N[C@@H]1C[C@H]2CC[C@H]1C2. The van der Waals surface area contributed by atoms with Gasteiger partial charge in [0, 0.05) is 6.04 Å². The maximum Gasteiger partial charge on any atom is 0.259 e. The molecule has 1 aromatic rings. The molecule has 0 aromatic heterocycles. The van der Waals surface area contributed by atoms with Crippen molar-refractivity contribution in [3.05, 3.63) is 23.8 Å². The van der Waals surface area contributed by atoms with E-state index < -0.39 is 0 Å². The van der Waals surface area contributed by atoms with E-state index in [0.717, 1.165) is 12.3 Å². The molecule has 0 radical (unpaired) electrons. The number of fused-ring (bicyclic) bond motifs is 2. The molecule has 3 atom stereocenters. The lowest BCUT2D eigenvalue weighted by Gasteiger charge is -2.23. The molecular weight excluding hydrogens is 254 g/mol. The molecule has 0 aliphatic heterocycles. The van der Waals surface area contributed by atoms with Gasteiger partial charge in [-0.2, -0.15) is 0 Å². The van der Waals surface area contributed by atoms with Crippen LogP contribution in [0.4, 0.5) is 0 Å². The van der Waals surface area contributed by atoms with Crippen LogP contribution in [0.2, 0.25) is 0 Å². The van der Waals surface area contributed by atoms with E-state index >= 15 is 0 Å². The maximum atomic E-state index is 12.6. The first kappa shape index (κ1) is 13.3. The zero-order chi connectivity index (χ0) is 14.1. The lowest BCUT2D eigenvalue weighted by molar-refractivity contribution is 0.0916. The van der Waals surface area contributed by atoms with Gasteiger partial charge < -0.3 is 14.8 Å². The van der Waals surface area contributed by atoms with E-state index in [1.54, 1.807) is 26.4 Å². The fourth-order valence-corrected chi connectivity index (χ4v) is 3.74. The average molecular weight is 275 g/mol. The van der Waals surface area contributed by atoms with Gasteiger partial charge in [0.2, 0.25) is 0 Å². The highest BCUT2D eigenvalue weighted by Gasteiger charge is 2.40. The van der Waals surface area contributed by atoms with Crippen LogP contribution in [0, 0.1) is 11.8 Å². The average Bonchev–Trinajstić information content (AvgIpc) is 3.08. The summed E-state index contributed by atoms with van der Waals surface area (Å²) in [6.45, 7) is 0. The van der Waals surface area contributed by atoms with E-state index in [4.69, 9.17) is 9.47 Å². The lowest BCUT2D eigenvalue weighted by Crippen LogP contribution is -2.38. The molecule has 2 aliphatic rings. The van der Waals surface area contributed by atoms with Crippen molar-refractivity contribution in [3.63, 3.8) is 0 Å². The molecule has 0 spiro atoms. The first-order valence-corrected chi connectivity index (χ1v) is 7.24. The van der Waals surface area contributed by atoms with Crippen molar-refractivity contribution in [2.24, 2.45) is 11.8 Å². The fraction of sp³-hybridized carbons (Fsp3) is 0.562. The Hall–Kier alpha value is -1.71. The second kappa shape index (κ2) is 5.35. The zero-order valence-electron chi connectivity index (χ0n) is 12.0. The molecule has 3 rings (SSSR count). The topological polar surface area (TPSA) is 47.6 Å². The van der Waals surface area contributed by atoms with Gasteiger partial charge in [0.1, 0.15) is 17.1 Å². The molecule has 2 fully saturated rings. The Labute approximate surface area is 119 Å².